The van der Waals surface area contributed by atoms with E-state index in [1.54, 1.807) is 19.1 Å². The van der Waals surface area contributed by atoms with Crippen molar-refractivity contribution in [1.29, 1.82) is 5.26 Å². The Balaban J connectivity index is 2.38. The molecule has 1 heterocycles. The first-order valence-electron chi connectivity index (χ1n) is 5.69. The number of pyridine rings is 1. The zero-order valence-electron chi connectivity index (χ0n) is 10.8. The van der Waals surface area contributed by atoms with Crippen LogP contribution in [0.5, 0.6) is 0 Å². The molecule has 0 aliphatic heterocycles. The number of benzene rings is 1. The van der Waals surface area contributed by atoms with Gasteiger partial charge in [-0.1, -0.05) is 0 Å². The van der Waals surface area contributed by atoms with E-state index in [4.69, 9.17) is 5.26 Å². The van der Waals surface area contributed by atoms with Crippen molar-refractivity contribution >= 4 is 31.8 Å². The van der Waals surface area contributed by atoms with Gasteiger partial charge >= 0.3 is 0 Å². The topological polar surface area (TPSA) is 82.8 Å². The van der Waals surface area contributed by atoms with E-state index < -0.39 is 15.8 Å². The van der Waals surface area contributed by atoms with Gasteiger partial charge in [0.25, 0.3) is 10.0 Å². The van der Waals surface area contributed by atoms with Crippen LogP contribution in [-0.2, 0) is 10.0 Å². The van der Waals surface area contributed by atoms with E-state index >= 15 is 0 Å². The maximum Gasteiger partial charge on any atom is 0.263 e. The summed E-state index contributed by atoms with van der Waals surface area (Å²) < 4.78 is 40.6. The Morgan fingerprint density at radius 1 is 1.33 bits per heavy atom. The third-order valence-corrected chi connectivity index (χ3v) is 4.82. The van der Waals surface area contributed by atoms with E-state index in [2.05, 4.69) is 25.6 Å². The number of hydrogen-bond donors (Lipinski definition) is 1. The monoisotopic (exact) mass is 369 g/mol. The molecule has 0 unspecified atom stereocenters. The molecule has 108 valence electrons. The van der Waals surface area contributed by atoms with E-state index in [0.717, 1.165) is 22.7 Å². The van der Waals surface area contributed by atoms with Crippen molar-refractivity contribution in [2.75, 3.05) is 4.72 Å². The zero-order valence-corrected chi connectivity index (χ0v) is 13.2. The normalized spacial score (nSPS) is 11.0. The third kappa shape index (κ3) is 3.37. The molecule has 0 aliphatic carbocycles. The molecule has 21 heavy (non-hydrogen) atoms. The first-order chi connectivity index (χ1) is 9.83. The van der Waals surface area contributed by atoms with Gasteiger partial charge in [0, 0.05) is 4.47 Å². The van der Waals surface area contributed by atoms with E-state index in [0.29, 0.717) is 5.69 Å². The van der Waals surface area contributed by atoms with Crippen LogP contribution in [0, 0.1) is 24.1 Å². The molecule has 0 saturated carbocycles. The van der Waals surface area contributed by atoms with Gasteiger partial charge in [0.05, 0.1) is 16.2 Å². The molecule has 0 saturated heterocycles. The third-order valence-electron chi connectivity index (χ3n) is 2.63. The van der Waals surface area contributed by atoms with E-state index in [9.17, 15) is 12.8 Å². The molecular formula is C13H9BrFN3O2S. The van der Waals surface area contributed by atoms with Gasteiger partial charge < -0.3 is 0 Å². The number of sulfonamides is 1. The maximum atomic E-state index is 13.2. The highest BCUT2D eigenvalue weighted by atomic mass is 79.9. The number of nitriles is 1. The number of rotatable bonds is 3. The standard InChI is InChI=1S/C13H9BrFN3O2S/c1-8-11(14)3-5-13(17-8)18-21(19,20)10-2-4-12(15)9(6-10)7-16/h2-6H,1H3,(H,17,18). The van der Waals surface area contributed by atoms with Gasteiger partial charge in [0.15, 0.2) is 0 Å². The lowest BCUT2D eigenvalue weighted by molar-refractivity contribution is 0.599. The molecule has 0 amide bonds. The quantitative estimate of drug-likeness (QED) is 0.901. The van der Waals surface area contributed by atoms with Crippen LogP contribution in [0.1, 0.15) is 11.3 Å². The van der Waals surface area contributed by atoms with Crippen LogP contribution in [-0.4, -0.2) is 13.4 Å². The molecular weight excluding hydrogens is 361 g/mol. The van der Waals surface area contributed by atoms with Gasteiger partial charge in [-0.2, -0.15) is 5.26 Å². The first-order valence-corrected chi connectivity index (χ1v) is 7.97. The molecule has 0 radical (unpaired) electrons. The van der Waals surface area contributed by atoms with Crippen LogP contribution in [0.25, 0.3) is 0 Å². The zero-order chi connectivity index (χ0) is 15.6. The van der Waals surface area contributed by atoms with Crippen molar-refractivity contribution in [2.24, 2.45) is 0 Å². The summed E-state index contributed by atoms with van der Waals surface area (Å²) in [4.78, 5) is 3.86. The molecule has 0 bridgehead atoms. The summed E-state index contributed by atoms with van der Waals surface area (Å²) in [5.74, 6) is -0.632. The largest absolute Gasteiger partial charge is 0.263 e. The van der Waals surface area contributed by atoms with Gasteiger partial charge in [-0.05, 0) is 53.2 Å². The van der Waals surface area contributed by atoms with Crippen LogP contribution >= 0.6 is 15.9 Å². The summed E-state index contributed by atoms with van der Waals surface area (Å²) in [5.41, 5.74) is 0.282. The molecule has 0 atom stereocenters. The molecule has 2 aromatic rings. The molecule has 1 aromatic carbocycles. The highest BCUT2D eigenvalue weighted by Gasteiger charge is 2.17. The van der Waals surface area contributed by atoms with Crippen molar-refractivity contribution in [3.63, 3.8) is 0 Å². The summed E-state index contributed by atoms with van der Waals surface area (Å²) >= 11 is 3.26. The lowest BCUT2D eigenvalue weighted by Gasteiger charge is -2.09. The second-order valence-corrected chi connectivity index (χ2v) is 6.66. The Bertz CT molecular complexity index is 847. The van der Waals surface area contributed by atoms with Crippen LogP contribution < -0.4 is 4.72 Å². The number of halogens is 2. The Kier molecular flexibility index (Phi) is 4.25. The minimum absolute atomic E-state index is 0.138. The summed E-state index contributed by atoms with van der Waals surface area (Å²) in [6, 6.07) is 7.75. The smallest absolute Gasteiger partial charge is 0.263 e. The lowest BCUT2D eigenvalue weighted by atomic mass is 10.2. The highest BCUT2D eigenvalue weighted by molar-refractivity contribution is 9.10. The van der Waals surface area contributed by atoms with Crippen molar-refractivity contribution in [3.8, 4) is 6.07 Å². The number of nitrogens with one attached hydrogen (secondary N) is 1. The maximum absolute atomic E-state index is 13.2. The summed E-state index contributed by atoms with van der Waals surface area (Å²) in [6.45, 7) is 1.72. The van der Waals surface area contributed by atoms with Gasteiger partial charge in [0.1, 0.15) is 17.7 Å². The van der Waals surface area contributed by atoms with E-state index in [1.807, 2.05) is 0 Å². The SMILES string of the molecule is Cc1nc(NS(=O)(=O)c2ccc(F)c(C#N)c2)ccc1Br. The number of aromatic nitrogens is 1. The molecule has 0 aliphatic rings. The number of nitrogens with zero attached hydrogens (tertiary/aromatic N) is 2. The lowest BCUT2D eigenvalue weighted by Crippen LogP contribution is -2.14. The average Bonchev–Trinajstić information content (AvgIpc) is 2.43. The molecule has 2 rings (SSSR count). The fourth-order valence-corrected chi connectivity index (χ4v) is 2.80. The van der Waals surface area contributed by atoms with Crippen LogP contribution in [0.4, 0.5) is 10.2 Å². The average molecular weight is 370 g/mol. The molecule has 0 spiro atoms. The predicted octanol–water partition coefficient (Wildman–Crippen LogP) is 2.96. The fourth-order valence-electron chi connectivity index (χ4n) is 1.55. The molecule has 1 aromatic heterocycles. The fraction of sp³-hybridized carbons (Fsp3) is 0.0769. The summed E-state index contributed by atoms with van der Waals surface area (Å²) in [7, 11) is -3.94. The number of anilines is 1. The van der Waals surface area contributed by atoms with Crippen LogP contribution in [0.15, 0.2) is 39.7 Å². The van der Waals surface area contributed by atoms with E-state index in [1.165, 1.54) is 6.07 Å². The molecule has 8 heteroatoms. The summed E-state index contributed by atoms with van der Waals surface area (Å²) in [6.07, 6.45) is 0. The second-order valence-electron chi connectivity index (χ2n) is 4.12. The minimum atomic E-state index is -3.94. The van der Waals surface area contributed by atoms with Gasteiger partial charge in [-0.3, -0.25) is 4.72 Å². The predicted molar refractivity (Wildman–Crippen MR) is 78.6 cm³/mol. The molecule has 1 N–H and O–H groups in total. The Morgan fingerprint density at radius 3 is 2.67 bits per heavy atom. The van der Waals surface area contributed by atoms with Gasteiger partial charge in [-0.15, -0.1) is 0 Å². The van der Waals surface area contributed by atoms with Crippen molar-refractivity contribution in [1.82, 2.24) is 4.98 Å². The van der Waals surface area contributed by atoms with Gasteiger partial charge in [-0.25, -0.2) is 17.8 Å². The molecule has 5 nitrogen and oxygen atoms in total. The Morgan fingerprint density at radius 2 is 2.05 bits per heavy atom. The van der Waals surface area contributed by atoms with Crippen molar-refractivity contribution in [3.05, 3.63) is 51.9 Å². The molecule has 0 fully saturated rings. The van der Waals surface area contributed by atoms with Crippen molar-refractivity contribution in [2.45, 2.75) is 11.8 Å². The van der Waals surface area contributed by atoms with Crippen molar-refractivity contribution < 1.29 is 12.8 Å². The summed E-state index contributed by atoms with van der Waals surface area (Å²) in [5, 5.41) is 8.74. The minimum Gasteiger partial charge on any atom is -0.263 e. The number of aryl methyl sites for hydroxylation is 1. The Labute approximate surface area is 129 Å². The first kappa shape index (κ1) is 15.4. The Hall–Kier alpha value is -1.98. The highest BCUT2D eigenvalue weighted by Crippen LogP contribution is 2.20. The van der Waals surface area contributed by atoms with Gasteiger partial charge in [0.2, 0.25) is 0 Å². The van der Waals surface area contributed by atoms with Crippen LogP contribution in [0.3, 0.4) is 0 Å². The second kappa shape index (κ2) is 5.79. The van der Waals surface area contributed by atoms with E-state index in [-0.39, 0.29) is 16.3 Å². The van der Waals surface area contributed by atoms with Crippen LogP contribution in [0.2, 0.25) is 0 Å². The number of hydrogen-bond acceptors (Lipinski definition) is 4.